The Balaban J connectivity index is 3.19. The molecule has 1 rings (SSSR count). The number of hydrogen-bond acceptors (Lipinski definition) is 2. The second kappa shape index (κ2) is 3.56. The maximum absolute atomic E-state index is 10.5. The molecule has 0 saturated heterocycles. The minimum Gasteiger partial charge on any atom is -0.258 e. The van der Waals surface area contributed by atoms with Gasteiger partial charge in [-0.15, -0.1) is 0 Å². The zero-order chi connectivity index (χ0) is 10.0. The molecule has 0 atom stereocenters. The summed E-state index contributed by atoms with van der Waals surface area (Å²) in [7, 11) is 0. The normalized spacial score (nSPS) is 10.5. The van der Waals surface area contributed by atoms with E-state index in [4.69, 9.17) is 0 Å². The summed E-state index contributed by atoms with van der Waals surface area (Å²) < 4.78 is 0. The van der Waals surface area contributed by atoms with Crippen LogP contribution in [-0.4, -0.2) is 4.92 Å². The van der Waals surface area contributed by atoms with Crippen molar-refractivity contribution in [3.05, 3.63) is 45.4 Å². The van der Waals surface area contributed by atoms with Crippen molar-refractivity contribution >= 4 is 5.69 Å². The molecule has 1 aromatic carbocycles. The molecule has 0 spiro atoms. The zero-order valence-corrected chi connectivity index (χ0v) is 8.00. The summed E-state index contributed by atoms with van der Waals surface area (Å²) in [5, 5.41) is 10.5. The van der Waals surface area contributed by atoms with E-state index in [-0.39, 0.29) is 10.6 Å². The van der Waals surface area contributed by atoms with Crippen molar-refractivity contribution in [1.29, 1.82) is 0 Å². The van der Waals surface area contributed by atoms with Crippen LogP contribution in [0.4, 0.5) is 5.69 Å². The summed E-state index contributed by atoms with van der Waals surface area (Å²) in [4.78, 5) is 10.2. The molecule has 69 valence electrons. The number of hydrogen-bond donors (Lipinski definition) is 0. The number of nitrogens with zero attached hydrogens (tertiary/aromatic N) is 1. The fourth-order valence-electron chi connectivity index (χ4n) is 1.16. The second-order valence-corrected chi connectivity index (χ2v) is 3.31. The van der Waals surface area contributed by atoms with E-state index in [1.807, 2.05) is 26.8 Å². The highest BCUT2D eigenvalue weighted by molar-refractivity contribution is 5.43. The average Bonchev–Trinajstić information content (AvgIpc) is 2.03. The number of nitro groups is 1. The van der Waals surface area contributed by atoms with Crippen LogP contribution < -0.4 is 0 Å². The van der Waals surface area contributed by atoms with Crippen LogP contribution in [-0.2, 0) is 0 Å². The van der Waals surface area contributed by atoms with E-state index in [0.29, 0.717) is 0 Å². The van der Waals surface area contributed by atoms with Gasteiger partial charge in [0, 0.05) is 12.1 Å². The van der Waals surface area contributed by atoms with Crippen molar-refractivity contribution in [2.75, 3.05) is 0 Å². The van der Waals surface area contributed by atoms with Crippen molar-refractivity contribution < 1.29 is 4.92 Å². The Bertz CT molecular complexity index is 332. The lowest BCUT2D eigenvalue weighted by Gasteiger charge is -2.05. The van der Waals surface area contributed by atoms with Gasteiger partial charge in [-0.2, -0.15) is 0 Å². The molecule has 0 amide bonds. The van der Waals surface area contributed by atoms with E-state index in [2.05, 4.69) is 0 Å². The topological polar surface area (TPSA) is 43.1 Å². The third-order valence-corrected chi connectivity index (χ3v) is 1.85. The molecule has 0 bridgehead atoms. The first-order valence-electron chi connectivity index (χ1n) is 4.07. The molecular formula is C10H12NO2. The predicted molar refractivity (Wildman–Crippen MR) is 51.5 cm³/mol. The molecule has 1 radical (unpaired) electrons. The van der Waals surface area contributed by atoms with E-state index in [1.165, 1.54) is 0 Å². The zero-order valence-electron chi connectivity index (χ0n) is 8.00. The molecule has 1 aromatic rings. The van der Waals surface area contributed by atoms with Crippen LogP contribution in [0, 0.1) is 23.0 Å². The van der Waals surface area contributed by atoms with E-state index in [9.17, 15) is 10.1 Å². The fraction of sp³-hybridized carbons (Fsp3) is 0.300. The third kappa shape index (κ3) is 2.28. The molecule has 3 nitrogen and oxygen atoms in total. The van der Waals surface area contributed by atoms with E-state index in [1.54, 1.807) is 12.1 Å². The predicted octanol–water partition coefficient (Wildman–Crippen LogP) is 2.87. The first-order valence-corrected chi connectivity index (χ1v) is 4.07. The van der Waals surface area contributed by atoms with Crippen LogP contribution >= 0.6 is 0 Å². The fourth-order valence-corrected chi connectivity index (χ4v) is 1.16. The molecule has 0 unspecified atom stereocenters. The standard InChI is InChI=1S/C10H12NO2/c1-7(2)9-4-8(3)5-10(6-9)11(12)13/h4-6H,1-3H3. The Morgan fingerprint density at radius 1 is 1.31 bits per heavy atom. The maximum Gasteiger partial charge on any atom is 0.269 e. The van der Waals surface area contributed by atoms with Gasteiger partial charge in [-0.25, -0.2) is 0 Å². The van der Waals surface area contributed by atoms with Crippen molar-refractivity contribution in [3.8, 4) is 0 Å². The van der Waals surface area contributed by atoms with Gasteiger partial charge in [0.25, 0.3) is 5.69 Å². The van der Waals surface area contributed by atoms with E-state index in [0.717, 1.165) is 17.0 Å². The van der Waals surface area contributed by atoms with Crippen molar-refractivity contribution in [2.45, 2.75) is 20.8 Å². The van der Waals surface area contributed by atoms with Gasteiger partial charge in [-0.05, 0) is 24.0 Å². The number of aryl methyl sites for hydroxylation is 1. The van der Waals surface area contributed by atoms with Gasteiger partial charge in [0.2, 0.25) is 0 Å². The summed E-state index contributed by atoms with van der Waals surface area (Å²) in [5.74, 6) is 1.09. The minimum absolute atomic E-state index is 0.163. The smallest absolute Gasteiger partial charge is 0.258 e. The molecule has 0 heterocycles. The van der Waals surface area contributed by atoms with Crippen LogP contribution in [0.2, 0.25) is 0 Å². The van der Waals surface area contributed by atoms with Crippen LogP contribution in [0.3, 0.4) is 0 Å². The summed E-state index contributed by atoms with van der Waals surface area (Å²) in [6, 6.07) is 5.12. The highest BCUT2D eigenvalue weighted by atomic mass is 16.6. The van der Waals surface area contributed by atoms with Gasteiger partial charge in [0.1, 0.15) is 0 Å². The summed E-state index contributed by atoms with van der Waals surface area (Å²) >= 11 is 0. The lowest BCUT2D eigenvalue weighted by molar-refractivity contribution is -0.384. The van der Waals surface area contributed by atoms with E-state index < -0.39 is 0 Å². The Kier molecular flexibility index (Phi) is 2.66. The van der Waals surface area contributed by atoms with Crippen molar-refractivity contribution in [2.24, 2.45) is 0 Å². The Labute approximate surface area is 77.5 Å². The first-order chi connectivity index (χ1) is 6.00. The van der Waals surface area contributed by atoms with Crippen LogP contribution in [0.1, 0.15) is 25.0 Å². The molecular weight excluding hydrogens is 166 g/mol. The molecule has 0 aliphatic rings. The van der Waals surface area contributed by atoms with Gasteiger partial charge in [-0.1, -0.05) is 19.9 Å². The van der Waals surface area contributed by atoms with Gasteiger partial charge in [0.15, 0.2) is 0 Å². The summed E-state index contributed by atoms with van der Waals surface area (Å²) in [5.41, 5.74) is 2.02. The highest BCUT2D eigenvalue weighted by Crippen LogP contribution is 2.21. The molecule has 0 fully saturated rings. The van der Waals surface area contributed by atoms with Crippen LogP contribution in [0.5, 0.6) is 0 Å². The molecule has 0 saturated carbocycles. The van der Waals surface area contributed by atoms with Gasteiger partial charge >= 0.3 is 0 Å². The van der Waals surface area contributed by atoms with Gasteiger partial charge in [0.05, 0.1) is 4.92 Å². The lowest BCUT2D eigenvalue weighted by atomic mass is 10.0. The first kappa shape index (κ1) is 9.71. The molecule has 13 heavy (non-hydrogen) atoms. The third-order valence-electron chi connectivity index (χ3n) is 1.85. The number of benzene rings is 1. The van der Waals surface area contributed by atoms with Crippen LogP contribution in [0.25, 0.3) is 0 Å². The van der Waals surface area contributed by atoms with Crippen molar-refractivity contribution in [1.82, 2.24) is 0 Å². The maximum atomic E-state index is 10.5. The number of rotatable bonds is 2. The summed E-state index contributed by atoms with van der Waals surface area (Å²) in [6.07, 6.45) is 0. The second-order valence-electron chi connectivity index (χ2n) is 3.31. The quantitative estimate of drug-likeness (QED) is 0.516. The molecule has 0 N–H and O–H groups in total. The monoisotopic (exact) mass is 178 g/mol. The number of nitro benzene ring substituents is 1. The van der Waals surface area contributed by atoms with Gasteiger partial charge in [-0.3, -0.25) is 10.1 Å². The Morgan fingerprint density at radius 2 is 1.92 bits per heavy atom. The largest absolute Gasteiger partial charge is 0.269 e. The highest BCUT2D eigenvalue weighted by Gasteiger charge is 2.09. The molecule has 0 aliphatic heterocycles. The Hall–Kier alpha value is -1.38. The average molecular weight is 178 g/mol. The Morgan fingerprint density at radius 3 is 2.38 bits per heavy atom. The van der Waals surface area contributed by atoms with E-state index >= 15 is 0 Å². The molecule has 0 aliphatic carbocycles. The minimum atomic E-state index is -0.362. The summed E-state index contributed by atoms with van der Waals surface area (Å²) in [6.45, 7) is 5.75. The molecule has 3 heteroatoms. The van der Waals surface area contributed by atoms with Crippen molar-refractivity contribution in [3.63, 3.8) is 0 Å². The van der Waals surface area contributed by atoms with Gasteiger partial charge < -0.3 is 0 Å². The lowest BCUT2D eigenvalue weighted by Crippen LogP contribution is -1.94. The SMILES string of the molecule is C[C](C)c1cc(C)cc([N+](=O)[O-])c1. The number of non-ortho nitro benzene ring substituents is 1. The van der Waals surface area contributed by atoms with Crippen LogP contribution in [0.15, 0.2) is 18.2 Å². The molecule has 0 aromatic heterocycles.